The first-order valence-electron chi connectivity index (χ1n) is 4.32. The van der Waals surface area contributed by atoms with Crippen molar-refractivity contribution in [3.05, 3.63) is 33.8 Å². The fourth-order valence-electron chi connectivity index (χ4n) is 1.41. The summed E-state index contributed by atoms with van der Waals surface area (Å²) >= 11 is 11.8. The highest BCUT2D eigenvalue weighted by Gasteiger charge is 2.32. The van der Waals surface area contributed by atoms with Gasteiger partial charge in [0.05, 0.1) is 16.1 Å². The van der Waals surface area contributed by atoms with Crippen molar-refractivity contribution < 1.29 is 5.11 Å². The normalized spacial score (nSPS) is 18.7. The minimum absolute atomic E-state index is 0.385. The van der Waals surface area contributed by atoms with E-state index < -0.39 is 6.10 Å². The van der Waals surface area contributed by atoms with E-state index in [1.54, 1.807) is 6.07 Å². The first kappa shape index (κ1) is 9.32. The fourth-order valence-corrected chi connectivity index (χ4v) is 1.83. The second-order valence-corrected chi connectivity index (χ2v) is 4.21. The first-order valence-corrected chi connectivity index (χ1v) is 5.07. The van der Waals surface area contributed by atoms with Crippen molar-refractivity contribution in [3.63, 3.8) is 0 Å². The van der Waals surface area contributed by atoms with Crippen LogP contribution < -0.4 is 0 Å². The van der Waals surface area contributed by atoms with Crippen LogP contribution >= 0.6 is 23.2 Å². The topological polar surface area (TPSA) is 20.2 Å². The van der Waals surface area contributed by atoms with Gasteiger partial charge in [0.2, 0.25) is 0 Å². The first-order chi connectivity index (χ1) is 6.20. The predicted molar refractivity (Wildman–Crippen MR) is 54.1 cm³/mol. The van der Waals surface area contributed by atoms with Gasteiger partial charge < -0.3 is 5.11 Å². The summed E-state index contributed by atoms with van der Waals surface area (Å²) < 4.78 is 0. The quantitative estimate of drug-likeness (QED) is 0.804. The van der Waals surface area contributed by atoms with E-state index in [0.717, 1.165) is 18.4 Å². The third-order valence-electron chi connectivity index (χ3n) is 2.37. The van der Waals surface area contributed by atoms with Gasteiger partial charge in [0, 0.05) is 5.56 Å². The molecule has 2 rings (SSSR count). The molecule has 0 aliphatic heterocycles. The molecular weight excluding hydrogens is 207 g/mol. The molecule has 1 fully saturated rings. The van der Waals surface area contributed by atoms with Gasteiger partial charge in [-0.3, -0.25) is 0 Å². The number of benzene rings is 1. The Hall–Kier alpha value is -0.240. The Kier molecular flexibility index (Phi) is 2.50. The summed E-state index contributed by atoms with van der Waals surface area (Å²) in [5, 5.41) is 10.8. The molecule has 3 heteroatoms. The van der Waals surface area contributed by atoms with Crippen molar-refractivity contribution in [1.82, 2.24) is 0 Å². The smallest absolute Gasteiger partial charge is 0.0833 e. The highest BCUT2D eigenvalue weighted by molar-refractivity contribution is 6.42. The summed E-state index contributed by atoms with van der Waals surface area (Å²) in [4.78, 5) is 0. The molecule has 0 spiro atoms. The van der Waals surface area contributed by atoms with Gasteiger partial charge in [0.25, 0.3) is 0 Å². The number of rotatable bonds is 2. The predicted octanol–water partition coefficient (Wildman–Crippen LogP) is 3.44. The van der Waals surface area contributed by atoms with Crippen LogP contribution in [0, 0.1) is 5.92 Å². The molecule has 0 saturated heterocycles. The molecule has 0 amide bonds. The van der Waals surface area contributed by atoms with Gasteiger partial charge in [-0.2, -0.15) is 0 Å². The van der Waals surface area contributed by atoms with Crippen molar-refractivity contribution in [3.8, 4) is 0 Å². The van der Waals surface area contributed by atoms with E-state index >= 15 is 0 Å². The average Bonchev–Trinajstić information content (AvgIpc) is 2.91. The van der Waals surface area contributed by atoms with E-state index in [1.165, 1.54) is 0 Å². The van der Waals surface area contributed by atoms with Crippen molar-refractivity contribution in [2.45, 2.75) is 18.9 Å². The van der Waals surface area contributed by atoms with Crippen LogP contribution in [0.2, 0.25) is 10.0 Å². The third-order valence-corrected chi connectivity index (χ3v) is 3.20. The number of hydrogen-bond acceptors (Lipinski definition) is 1. The highest BCUT2D eigenvalue weighted by atomic mass is 35.5. The molecule has 13 heavy (non-hydrogen) atoms. The summed E-state index contributed by atoms with van der Waals surface area (Å²) in [6.07, 6.45) is 1.74. The summed E-state index contributed by atoms with van der Waals surface area (Å²) in [7, 11) is 0. The van der Waals surface area contributed by atoms with E-state index in [9.17, 15) is 5.11 Å². The van der Waals surface area contributed by atoms with Crippen LogP contribution in [-0.2, 0) is 0 Å². The third kappa shape index (κ3) is 1.83. The molecule has 1 unspecified atom stereocenters. The van der Waals surface area contributed by atoms with Crippen molar-refractivity contribution >= 4 is 23.2 Å². The van der Waals surface area contributed by atoms with Gasteiger partial charge >= 0.3 is 0 Å². The molecule has 0 bridgehead atoms. The minimum Gasteiger partial charge on any atom is -0.388 e. The fraction of sp³-hybridized carbons (Fsp3) is 0.400. The standard InChI is InChI=1S/C10H10Cl2O/c11-8-3-1-2-7(9(8)12)10(13)6-4-5-6/h1-3,6,10,13H,4-5H2. The van der Waals surface area contributed by atoms with E-state index in [0.29, 0.717) is 16.0 Å². The lowest BCUT2D eigenvalue weighted by Gasteiger charge is -2.11. The zero-order chi connectivity index (χ0) is 9.42. The van der Waals surface area contributed by atoms with Crippen LogP contribution in [0.4, 0.5) is 0 Å². The summed E-state index contributed by atoms with van der Waals surface area (Å²) in [6.45, 7) is 0. The molecule has 1 aliphatic rings. The molecule has 1 nitrogen and oxygen atoms in total. The van der Waals surface area contributed by atoms with Gasteiger partial charge in [0.15, 0.2) is 0 Å². The summed E-state index contributed by atoms with van der Waals surface area (Å²) in [6, 6.07) is 5.37. The van der Waals surface area contributed by atoms with E-state index in [-0.39, 0.29) is 0 Å². The highest BCUT2D eigenvalue weighted by Crippen LogP contribution is 2.43. The lowest BCUT2D eigenvalue weighted by atomic mass is 10.1. The molecule has 1 atom stereocenters. The van der Waals surface area contributed by atoms with Crippen molar-refractivity contribution in [1.29, 1.82) is 0 Å². The zero-order valence-corrected chi connectivity index (χ0v) is 8.52. The van der Waals surface area contributed by atoms with Crippen LogP contribution in [0.15, 0.2) is 18.2 Å². The SMILES string of the molecule is OC(c1cccc(Cl)c1Cl)C1CC1. The van der Waals surface area contributed by atoms with Crippen molar-refractivity contribution in [2.75, 3.05) is 0 Å². The Bertz CT molecular complexity index is 321. The molecule has 1 saturated carbocycles. The van der Waals surface area contributed by atoms with Gasteiger partial charge in [-0.15, -0.1) is 0 Å². The average molecular weight is 217 g/mol. The molecule has 70 valence electrons. The number of hydrogen-bond donors (Lipinski definition) is 1. The van der Waals surface area contributed by atoms with E-state index in [4.69, 9.17) is 23.2 Å². The number of halogens is 2. The lowest BCUT2D eigenvalue weighted by Crippen LogP contribution is -2.00. The maximum Gasteiger partial charge on any atom is 0.0833 e. The Morgan fingerprint density at radius 3 is 2.62 bits per heavy atom. The minimum atomic E-state index is -0.439. The van der Waals surface area contributed by atoms with Gasteiger partial charge in [-0.25, -0.2) is 0 Å². The largest absolute Gasteiger partial charge is 0.388 e. The second-order valence-electron chi connectivity index (χ2n) is 3.43. The Morgan fingerprint density at radius 1 is 1.31 bits per heavy atom. The molecule has 1 aromatic rings. The van der Waals surface area contributed by atoms with Crippen LogP contribution in [0.1, 0.15) is 24.5 Å². The molecule has 0 aromatic heterocycles. The summed E-state index contributed by atoms with van der Waals surface area (Å²) in [5.41, 5.74) is 0.761. The number of aliphatic hydroxyl groups is 1. The Morgan fingerprint density at radius 2 is 2.00 bits per heavy atom. The monoisotopic (exact) mass is 216 g/mol. The molecule has 1 aromatic carbocycles. The maximum absolute atomic E-state index is 9.82. The zero-order valence-electron chi connectivity index (χ0n) is 7.00. The summed E-state index contributed by atoms with van der Waals surface area (Å²) in [5.74, 6) is 0.385. The number of aliphatic hydroxyl groups excluding tert-OH is 1. The molecule has 0 heterocycles. The van der Waals surface area contributed by atoms with Gasteiger partial charge in [-0.05, 0) is 24.8 Å². The lowest BCUT2D eigenvalue weighted by molar-refractivity contribution is 0.154. The molecule has 1 aliphatic carbocycles. The maximum atomic E-state index is 9.82. The van der Waals surface area contributed by atoms with Gasteiger partial charge in [-0.1, -0.05) is 35.3 Å². The van der Waals surface area contributed by atoms with Crippen LogP contribution in [-0.4, -0.2) is 5.11 Å². The Balaban J connectivity index is 2.32. The van der Waals surface area contributed by atoms with Crippen LogP contribution in [0.3, 0.4) is 0 Å². The second kappa shape index (κ2) is 3.49. The molecule has 0 radical (unpaired) electrons. The van der Waals surface area contributed by atoms with Crippen molar-refractivity contribution in [2.24, 2.45) is 5.92 Å². The van der Waals surface area contributed by atoms with Gasteiger partial charge in [0.1, 0.15) is 0 Å². The van der Waals surface area contributed by atoms with E-state index in [1.807, 2.05) is 12.1 Å². The van der Waals surface area contributed by atoms with Crippen LogP contribution in [0.5, 0.6) is 0 Å². The molecule has 1 N–H and O–H groups in total. The Labute approximate surface area is 87.3 Å². The molecular formula is C10H10Cl2O. The van der Waals surface area contributed by atoms with Crippen LogP contribution in [0.25, 0.3) is 0 Å². The van der Waals surface area contributed by atoms with E-state index in [2.05, 4.69) is 0 Å².